The summed E-state index contributed by atoms with van der Waals surface area (Å²) in [5.41, 5.74) is 9.12. The average Bonchev–Trinajstić information content (AvgIpc) is 2.36. The Labute approximate surface area is 105 Å². The van der Waals surface area contributed by atoms with Crippen LogP contribution in [-0.4, -0.2) is 7.11 Å². The summed E-state index contributed by atoms with van der Waals surface area (Å²) in [6, 6.07) is 10.2. The molecule has 0 amide bonds. The standard InChI is InChI=1S/C14H15FN2O/c1-9-3-4-10(16)7-13(9)17-11-5-6-12(15)14(8-11)18-2/h3-8,17H,16H2,1-2H3. The van der Waals surface area contributed by atoms with Crippen molar-refractivity contribution < 1.29 is 9.13 Å². The summed E-state index contributed by atoms with van der Waals surface area (Å²) in [7, 11) is 1.44. The number of methoxy groups -OCH3 is 1. The van der Waals surface area contributed by atoms with Crippen LogP contribution in [0.1, 0.15) is 5.56 Å². The Morgan fingerprint density at radius 2 is 1.94 bits per heavy atom. The van der Waals surface area contributed by atoms with Crippen molar-refractivity contribution in [2.75, 3.05) is 18.2 Å². The van der Waals surface area contributed by atoms with Gasteiger partial charge in [-0.15, -0.1) is 0 Å². The predicted molar refractivity (Wildman–Crippen MR) is 71.8 cm³/mol. The Hall–Kier alpha value is -2.23. The van der Waals surface area contributed by atoms with Gasteiger partial charge in [0.2, 0.25) is 0 Å². The molecule has 0 bridgehead atoms. The van der Waals surface area contributed by atoms with Gasteiger partial charge in [0, 0.05) is 23.1 Å². The Bertz CT molecular complexity index is 570. The molecular formula is C14H15FN2O. The van der Waals surface area contributed by atoms with Crippen molar-refractivity contribution in [1.82, 2.24) is 0 Å². The maximum Gasteiger partial charge on any atom is 0.165 e. The summed E-state index contributed by atoms with van der Waals surface area (Å²) in [6.45, 7) is 1.97. The first kappa shape index (κ1) is 12.2. The van der Waals surface area contributed by atoms with E-state index in [1.54, 1.807) is 12.1 Å². The van der Waals surface area contributed by atoms with Crippen LogP contribution in [0.4, 0.5) is 21.5 Å². The summed E-state index contributed by atoms with van der Waals surface area (Å²) in [5, 5.41) is 3.19. The second-order valence-corrected chi connectivity index (χ2v) is 4.05. The van der Waals surface area contributed by atoms with Gasteiger partial charge in [-0.25, -0.2) is 4.39 Å². The molecule has 0 saturated carbocycles. The zero-order chi connectivity index (χ0) is 13.1. The quantitative estimate of drug-likeness (QED) is 0.815. The number of rotatable bonds is 3. The van der Waals surface area contributed by atoms with E-state index in [0.717, 1.165) is 16.9 Å². The lowest BCUT2D eigenvalue weighted by Gasteiger charge is -2.11. The first-order valence-electron chi connectivity index (χ1n) is 5.57. The zero-order valence-corrected chi connectivity index (χ0v) is 10.3. The van der Waals surface area contributed by atoms with Crippen LogP contribution in [0.15, 0.2) is 36.4 Å². The highest BCUT2D eigenvalue weighted by molar-refractivity contribution is 5.67. The van der Waals surface area contributed by atoms with Crippen LogP contribution in [0.3, 0.4) is 0 Å². The molecule has 4 heteroatoms. The van der Waals surface area contributed by atoms with E-state index >= 15 is 0 Å². The second kappa shape index (κ2) is 4.96. The van der Waals surface area contributed by atoms with Gasteiger partial charge in [0.05, 0.1) is 7.11 Å². The van der Waals surface area contributed by atoms with Gasteiger partial charge in [0.25, 0.3) is 0 Å². The maximum absolute atomic E-state index is 13.3. The van der Waals surface area contributed by atoms with E-state index in [4.69, 9.17) is 10.5 Å². The molecule has 3 nitrogen and oxygen atoms in total. The molecule has 3 N–H and O–H groups in total. The second-order valence-electron chi connectivity index (χ2n) is 4.05. The Balaban J connectivity index is 2.31. The average molecular weight is 246 g/mol. The van der Waals surface area contributed by atoms with E-state index in [2.05, 4.69) is 5.32 Å². The van der Waals surface area contributed by atoms with E-state index in [9.17, 15) is 4.39 Å². The molecule has 2 aromatic carbocycles. The summed E-state index contributed by atoms with van der Waals surface area (Å²) in [6.07, 6.45) is 0. The van der Waals surface area contributed by atoms with Crippen LogP contribution >= 0.6 is 0 Å². The number of nitrogen functional groups attached to an aromatic ring is 1. The fraction of sp³-hybridized carbons (Fsp3) is 0.143. The van der Waals surface area contributed by atoms with Crippen molar-refractivity contribution in [3.8, 4) is 5.75 Å². The van der Waals surface area contributed by atoms with Gasteiger partial charge < -0.3 is 15.8 Å². The van der Waals surface area contributed by atoms with Crippen LogP contribution < -0.4 is 15.8 Å². The van der Waals surface area contributed by atoms with Gasteiger partial charge in [-0.2, -0.15) is 0 Å². The molecule has 2 aromatic rings. The molecule has 0 aliphatic carbocycles. The van der Waals surface area contributed by atoms with Gasteiger partial charge in [-0.3, -0.25) is 0 Å². The third-order valence-electron chi connectivity index (χ3n) is 2.69. The zero-order valence-electron chi connectivity index (χ0n) is 10.3. The number of aryl methyl sites for hydroxylation is 1. The molecule has 94 valence electrons. The Kier molecular flexibility index (Phi) is 3.37. The molecule has 0 fully saturated rings. The lowest BCUT2D eigenvalue weighted by molar-refractivity contribution is 0.387. The van der Waals surface area contributed by atoms with Crippen LogP contribution in [-0.2, 0) is 0 Å². The van der Waals surface area contributed by atoms with Crippen molar-refractivity contribution in [3.63, 3.8) is 0 Å². The summed E-state index contributed by atoms with van der Waals surface area (Å²) in [5.74, 6) is -0.172. The largest absolute Gasteiger partial charge is 0.494 e. The van der Waals surface area contributed by atoms with Gasteiger partial charge in [-0.05, 0) is 36.8 Å². The van der Waals surface area contributed by atoms with Crippen molar-refractivity contribution in [2.24, 2.45) is 0 Å². The maximum atomic E-state index is 13.3. The predicted octanol–water partition coefficient (Wildman–Crippen LogP) is 3.47. The summed E-state index contributed by atoms with van der Waals surface area (Å²) < 4.78 is 18.2. The fourth-order valence-electron chi connectivity index (χ4n) is 1.67. The number of hydrogen-bond donors (Lipinski definition) is 2. The summed E-state index contributed by atoms with van der Waals surface area (Å²) >= 11 is 0. The number of ether oxygens (including phenoxy) is 1. The van der Waals surface area contributed by atoms with Gasteiger partial charge >= 0.3 is 0 Å². The molecule has 2 rings (SSSR count). The minimum atomic E-state index is -0.382. The van der Waals surface area contributed by atoms with E-state index in [1.165, 1.54) is 13.2 Å². The van der Waals surface area contributed by atoms with E-state index in [0.29, 0.717) is 5.69 Å². The lowest BCUT2D eigenvalue weighted by atomic mass is 10.1. The van der Waals surface area contributed by atoms with Crippen molar-refractivity contribution >= 4 is 17.1 Å². The highest BCUT2D eigenvalue weighted by Gasteiger charge is 2.05. The van der Waals surface area contributed by atoms with Crippen molar-refractivity contribution in [3.05, 3.63) is 47.8 Å². The minimum Gasteiger partial charge on any atom is -0.494 e. The van der Waals surface area contributed by atoms with Crippen molar-refractivity contribution in [2.45, 2.75) is 6.92 Å². The van der Waals surface area contributed by atoms with Crippen LogP contribution in [0, 0.1) is 12.7 Å². The van der Waals surface area contributed by atoms with Gasteiger partial charge in [-0.1, -0.05) is 6.07 Å². The lowest BCUT2D eigenvalue weighted by Crippen LogP contribution is -1.96. The number of nitrogens with two attached hydrogens (primary N) is 1. The third-order valence-corrected chi connectivity index (χ3v) is 2.69. The normalized spacial score (nSPS) is 10.2. The molecule has 0 unspecified atom stereocenters. The van der Waals surface area contributed by atoms with Crippen LogP contribution in [0.2, 0.25) is 0 Å². The first-order chi connectivity index (χ1) is 8.60. The molecule has 0 saturated heterocycles. The molecule has 0 aromatic heterocycles. The number of nitrogens with one attached hydrogen (secondary N) is 1. The molecule has 0 heterocycles. The third kappa shape index (κ3) is 2.53. The molecule has 0 radical (unpaired) electrons. The molecule has 0 spiro atoms. The van der Waals surface area contributed by atoms with E-state index in [-0.39, 0.29) is 11.6 Å². The number of hydrogen-bond acceptors (Lipinski definition) is 3. The number of halogens is 1. The van der Waals surface area contributed by atoms with Crippen molar-refractivity contribution in [1.29, 1.82) is 0 Å². The smallest absolute Gasteiger partial charge is 0.165 e. The minimum absolute atomic E-state index is 0.210. The topological polar surface area (TPSA) is 47.3 Å². The molecular weight excluding hydrogens is 231 g/mol. The van der Waals surface area contributed by atoms with Crippen LogP contribution in [0.5, 0.6) is 5.75 Å². The Morgan fingerprint density at radius 1 is 1.17 bits per heavy atom. The highest BCUT2D eigenvalue weighted by atomic mass is 19.1. The van der Waals surface area contributed by atoms with E-state index < -0.39 is 0 Å². The molecule has 0 atom stereocenters. The Morgan fingerprint density at radius 3 is 2.67 bits per heavy atom. The molecule has 0 aliphatic rings. The van der Waals surface area contributed by atoms with Crippen LogP contribution in [0.25, 0.3) is 0 Å². The van der Waals surface area contributed by atoms with Gasteiger partial charge in [0.15, 0.2) is 11.6 Å². The number of anilines is 3. The SMILES string of the molecule is COc1cc(Nc2cc(N)ccc2C)ccc1F. The summed E-state index contributed by atoms with van der Waals surface area (Å²) in [4.78, 5) is 0. The van der Waals surface area contributed by atoms with Gasteiger partial charge in [0.1, 0.15) is 0 Å². The van der Waals surface area contributed by atoms with E-state index in [1.807, 2.05) is 25.1 Å². The first-order valence-corrected chi connectivity index (χ1v) is 5.57. The number of benzene rings is 2. The molecule has 0 aliphatic heterocycles. The fourth-order valence-corrected chi connectivity index (χ4v) is 1.67. The highest BCUT2D eigenvalue weighted by Crippen LogP contribution is 2.26. The molecule has 18 heavy (non-hydrogen) atoms. The monoisotopic (exact) mass is 246 g/mol.